The summed E-state index contributed by atoms with van der Waals surface area (Å²) < 4.78 is 9.92. The predicted molar refractivity (Wildman–Crippen MR) is 228 cm³/mol. The molecule has 0 radical (unpaired) electrons. The van der Waals surface area contributed by atoms with Crippen molar-refractivity contribution in [1.29, 1.82) is 5.41 Å². The zero-order chi connectivity index (χ0) is 41.5. The number of hydrogen-bond acceptors (Lipinski definition) is 9. The number of carbonyl (C=O) groups is 4. The fourth-order valence-electron chi connectivity index (χ4n) is 6.22. The Hall–Kier alpha value is -3.45. The molecule has 2 unspecified atom stereocenters. The van der Waals surface area contributed by atoms with Crippen molar-refractivity contribution in [1.82, 2.24) is 15.5 Å². The van der Waals surface area contributed by atoms with Crippen molar-refractivity contribution in [2.24, 2.45) is 17.2 Å². The molecule has 0 aliphatic heterocycles. The van der Waals surface area contributed by atoms with E-state index in [0.717, 1.165) is 89.9 Å². The van der Waals surface area contributed by atoms with Gasteiger partial charge in [0.05, 0.1) is 19.3 Å². The van der Waals surface area contributed by atoms with Crippen LogP contribution in [0.5, 0.6) is 0 Å². The number of nitrogens with one attached hydrogen (secondary N) is 3. The molecule has 0 saturated carbocycles. The van der Waals surface area contributed by atoms with Crippen LogP contribution in [0.2, 0.25) is 0 Å². The van der Waals surface area contributed by atoms with Crippen molar-refractivity contribution in [2.75, 3.05) is 39.4 Å². The minimum atomic E-state index is -0.832. The lowest BCUT2D eigenvalue weighted by atomic mass is 10.1. The van der Waals surface area contributed by atoms with E-state index < -0.39 is 12.1 Å². The van der Waals surface area contributed by atoms with E-state index in [1.54, 1.807) is 0 Å². The molecule has 0 spiro atoms. The largest absolute Gasteiger partial charge is 0.466 e. The molecule has 56 heavy (non-hydrogen) atoms. The zero-order valence-corrected chi connectivity index (χ0v) is 35.3. The Morgan fingerprint density at radius 3 is 1.43 bits per heavy atom. The fraction of sp³-hybridized carbons (Fsp3) is 0.791. The Balaban J connectivity index is 4.49. The Bertz CT molecular complexity index is 1030. The molecule has 0 rings (SSSR count). The van der Waals surface area contributed by atoms with Crippen molar-refractivity contribution in [3.8, 4) is 0 Å². The molecule has 0 saturated heterocycles. The number of allylic oxidation sites excluding steroid dienone is 4. The van der Waals surface area contributed by atoms with E-state index in [4.69, 9.17) is 32.1 Å². The molecule has 0 aromatic rings. The number of amides is 2. The maximum atomic E-state index is 13.4. The SMILES string of the molecule is CCOC(=O)CCCC/C=C\CCCCCCCCN(CCCCCCCC/C=C\CCCCC(=O)OCC)C(=O)C(N)CNC(=O)C(N)CCCNC(=N)N. The average Bonchev–Trinajstić information content (AvgIpc) is 3.17. The van der Waals surface area contributed by atoms with Crippen LogP contribution in [0.25, 0.3) is 0 Å². The second-order valence-corrected chi connectivity index (χ2v) is 14.6. The number of unbranched alkanes of at least 4 members (excludes halogenated alkanes) is 16. The molecule has 0 bridgehead atoms. The molecular weight excluding hydrogens is 711 g/mol. The molecule has 324 valence electrons. The zero-order valence-electron chi connectivity index (χ0n) is 35.3. The van der Waals surface area contributed by atoms with Gasteiger partial charge in [0.15, 0.2) is 5.96 Å². The highest BCUT2D eigenvalue weighted by molar-refractivity contribution is 5.85. The number of rotatable bonds is 38. The first-order valence-electron chi connectivity index (χ1n) is 21.9. The van der Waals surface area contributed by atoms with Gasteiger partial charge in [-0.25, -0.2) is 0 Å². The molecule has 9 N–H and O–H groups in total. The number of hydrogen-bond donors (Lipinski definition) is 6. The first-order chi connectivity index (χ1) is 27.1. The van der Waals surface area contributed by atoms with Crippen LogP contribution in [-0.2, 0) is 28.7 Å². The highest BCUT2D eigenvalue weighted by Gasteiger charge is 2.22. The molecule has 0 heterocycles. The summed E-state index contributed by atoms with van der Waals surface area (Å²) in [4.78, 5) is 50.6. The second kappa shape index (κ2) is 38.4. The van der Waals surface area contributed by atoms with Crippen molar-refractivity contribution >= 4 is 29.7 Å². The Kier molecular flexibility index (Phi) is 36.1. The van der Waals surface area contributed by atoms with E-state index in [1.165, 1.54) is 38.5 Å². The highest BCUT2D eigenvalue weighted by atomic mass is 16.5. The van der Waals surface area contributed by atoms with Crippen molar-refractivity contribution in [3.05, 3.63) is 24.3 Å². The number of guanidine groups is 1. The maximum absolute atomic E-state index is 13.4. The van der Waals surface area contributed by atoms with Gasteiger partial charge in [-0.3, -0.25) is 24.6 Å². The van der Waals surface area contributed by atoms with Crippen molar-refractivity contribution in [2.45, 2.75) is 180 Å². The highest BCUT2D eigenvalue weighted by Crippen LogP contribution is 2.13. The fourth-order valence-corrected chi connectivity index (χ4v) is 6.22. The van der Waals surface area contributed by atoms with Gasteiger partial charge in [0.25, 0.3) is 0 Å². The molecule has 0 aromatic carbocycles. The maximum Gasteiger partial charge on any atom is 0.305 e. The summed E-state index contributed by atoms with van der Waals surface area (Å²) in [6, 6.07) is -1.56. The molecule has 13 nitrogen and oxygen atoms in total. The summed E-state index contributed by atoms with van der Waals surface area (Å²) >= 11 is 0. The van der Waals surface area contributed by atoms with Crippen molar-refractivity contribution in [3.63, 3.8) is 0 Å². The third-order valence-electron chi connectivity index (χ3n) is 9.51. The van der Waals surface area contributed by atoms with E-state index in [0.29, 0.717) is 58.5 Å². The number of nitrogens with zero attached hydrogens (tertiary/aromatic N) is 1. The molecule has 2 amide bonds. The van der Waals surface area contributed by atoms with E-state index >= 15 is 0 Å². The first-order valence-corrected chi connectivity index (χ1v) is 21.9. The van der Waals surface area contributed by atoms with Crippen LogP contribution in [-0.4, -0.2) is 86.1 Å². The molecule has 13 heteroatoms. The summed E-state index contributed by atoms with van der Waals surface area (Å²) in [7, 11) is 0. The Morgan fingerprint density at radius 2 is 1.00 bits per heavy atom. The van der Waals surface area contributed by atoms with Gasteiger partial charge in [-0.05, 0) is 104 Å². The van der Waals surface area contributed by atoms with Crippen LogP contribution in [0.3, 0.4) is 0 Å². The minimum Gasteiger partial charge on any atom is -0.466 e. The molecular formula is C43H81N7O6. The van der Waals surface area contributed by atoms with E-state index in [9.17, 15) is 19.2 Å². The Morgan fingerprint density at radius 1 is 0.589 bits per heavy atom. The van der Waals surface area contributed by atoms with Crippen LogP contribution in [0, 0.1) is 5.41 Å². The number of carbonyl (C=O) groups excluding carboxylic acids is 4. The lowest BCUT2D eigenvalue weighted by molar-refractivity contribution is -0.144. The van der Waals surface area contributed by atoms with E-state index in [2.05, 4.69) is 34.9 Å². The topological polar surface area (TPSA) is 216 Å². The van der Waals surface area contributed by atoms with E-state index in [1.807, 2.05) is 18.7 Å². The van der Waals surface area contributed by atoms with E-state index in [-0.39, 0.29) is 36.3 Å². The van der Waals surface area contributed by atoms with Crippen LogP contribution < -0.4 is 27.8 Å². The van der Waals surface area contributed by atoms with Gasteiger partial charge in [0.1, 0.15) is 6.04 Å². The summed E-state index contributed by atoms with van der Waals surface area (Å²) in [5, 5.41) is 12.7. The van der Waals surface area contributed by atoms with Gasteiger partial charge in [-0.15, -0.1) is 0 Å². The summed E-state index contributed by atoms with van der Waals surface area (Å²) in [6.45, 7) is 6.38. The first kappa shape index (κ1) is 52.6. The predicted octanol–water partition coefficient (Wildman–Crippen LogP) is 6.67. The molecule has 2 atom stereocenters. The monoisotopic (exact) mass is 792 g/mol. The summed E-state index contributed by atoms with van der Waals surface area (Å²) in [5.41, 5.74) is 17.6. The van der Waals surface area contributed by atoms with Gasteiger partial charge in [-0.2, -0.15) is 0 Å². The average molecular weight is 792 g/mol. The number of esters is 2. The number of ether oxygens (including phenoxy) is 2. The van der Waals surface area contributed by atoms with Gasteiger partial charge in [0, 0.05) is 39.0 Å². The van der Waals surface area contributed by atoms with Gasteiger partial charge in [0.2, 0.25) is 11.8 Å². The van der Waals surface area contributed by atoms with Gasteiger partial charge >= 0.3 is 11.9 Å². The third-order valence-corrected chi connectivity index (χ3v) is 9.51. The smallest absolute Gasteiger partial charge is 0.305 e. The molecule has 0 aliphatic carbocycles. The van der Waals surface area contributed by atoms with Crippen LogP contribution >= 0.6 is 0 Å². The quantitative estimate of drug-likeness (QED) is 0.0128. The lowest BCUT2D eigenvalue weighted by Crippen LogP contribution is -2.52. The summed E-state index contributed by atoms with van der Waals surface area (Å²) in [5.74, 6) is -0.808. The van der Waals surface area contributed by atoms with Crippen molar-refractivity contribution < 1.29 is 28.7 Å². The summed E-state index contributed by atoms with van der Waals surface area (Å²) in [6.07, 6.45) is 32.1. The number of nitrogens with two attached hydrogens (primary N) is 3. The lowest BCUT2D eigenvalue weighted by Gasteiger charge is -2.26. The second-order valence-electron chi connectivity index (χ2n) is 14.6. The molecule has 0 fully saturated rings. The van der Waals surface area contributed by atoms with Crippen LogP contribution in [0.15, 0.2) is 24.3 Å². The van der Waals surface area contributed by atoms with Crippen LogP contribution in [0.1, 0.15) is 168 Å². The third kappa shape index (κ3) is 33.9. The minimum absolute atomic E-state index is 0.0393. The normalized spacial score (nSPS) is 12.4. The van der Waals surface area contributed by atoms with Gasteiger partial charge < -0.3 is 42.2 Å². The standard InChI is InChI=1S/C43H81N7O6/c1-3-55-39(51)31-25-21-17-13-9-5-7-11-15-19-23-27-34-50(42(54)38(45)36-49-41(53)37(44)30-29-33-48-43(46)47)35-28-24-20-16-12-8-6-10-14-18-22-26-32-40(52)56-4-2/h9-10,13-14,37-38H,3-8,11-12,15-36,44-45H2,1-2H3,(H,49,53)(H4,46,47,48)/b13-9-,14-10-. The molecule has 0 aromatic heterocycles. The Labute approximate surface area is 339 Å². The molecule has 0 aliphatic rings. The van der Waals surface area contributed by atoms with Crippen LogP contribution in [0.4, 0.5) is 0 Å². The van der Waals surface area contributed by atoms with Gasteiger partial charge in [-0.1, -0.05) is 75.7 Å².